The Kier molecular flexibility index (Phi) is 5.51. The Morgan fingerprint density at radius 1 is 1.17 bits per heavy atom. The van der Waals surface area contributed by atoms with Gasteiger partial charge in [-0.2, -0.15) is 0 Å². The standard InChI is InChI=1S/C17H19ClN2O3S/c1-11-7-8-14(10-16(11)20-24(3,22)23)17(21)19-12(2)13-5-4-6-15(18)9-13/h4-10,12,20H,1-3H3,(H,19,21)/t12-/m1/s1. The number of sulfonamides is 1. The van der Waals surface area contributed by atoms with E-state index < -0.39 is 10.0 Å². The molecular formula is C17H19ClN2O3S. The van der Waals surface area contributed by atoms with Gasteiger partial charge in [-0.3, -0.25) is 9.52 Å². The van der Waals surface area contributed by atoms with E-state index >= 15 is 0 Å². The fourth-order valence-electron chi connectivity index (χ4n) is 2.21. The van der Waals surface area contributed by atoms with Crippen molar-refractivity contribution in [1.82, 2.24) is 5.32 Å². The Labute approximate surface area is 147 Å². The van der Waals surface area contributed by atoms with E-state index in [1.165, 1.54) is 6.07 Å². The molecule has 0 saturated heterocycles. The van der Waals surface area contributed by atoms with E-state index in [0.717, 1.165) is 17.4 Å². The van der Waals surface area contributed by atoms with Gasteiger partial charge in [-0.05, 0) is 49.2 Å². The van der Waals surface area contributed by atoms with Gasteiger partial charge in [0.15, 0.2) is 0 Å². The first-order chi connectivity index (χ1) is 11.2. The Hall–Kier alpha value is -2.05. The lowest BCUT2D eigenvalue weighted by Crippen LogP contribution is -2.26. The molecule has 1 amide bonds. The zero-order chi connectivity index (χ0) is 17.9. The monoisotopic (exact) mass is 366 g/mol. The van der Waals surface area contributed by atoms with Gasteiger partial charge in [0.2, 0.25) is 10.0 Å². The summed E-state index contributed by atoms with van der Waals surface area (Å²) in [6.45, 7) is 3.62. The predicted molar refractivity (Wildman–Crippen MR) is 97.0 cm³/mol. The van der Waals surface area contributed by atoms with Gasteiger partial charge >= 0.3 is 0 Å². The normalized spacial score (nSPS) is 12.5. The van der Waals surface area contributed by atoms with Crippen LogP contribution in [0.3, 0.4) is 0 Å². The number of aryl methyl sites for hydroxylation is 1. The third kappa shape index (κ3) is 4.97. The zero-order valence-electron chi connectivity index (χ0n) is 13.6. The van der Waals surface area contributed by atoms with Crippen LogP contribution >= 0.6 is 11.6 Å². The largest absolute Gasteiger partial charge is 0.346 e. The Morgan fingerprint density at radius 2 is 1.88 bits per heavy atom. The first kappa shape index (κ1) is 18.3. The lowest BCUT2D eigenvalue weighted by molar-refractivity contribution is 0.0940. The number of halogens is 1. The van der Waals surface area contributed by atoms with Gasteiger partial charge in [-0.1, -0.05) is 29.8 Å². The number of hydrogen-bond donors (Lipinski definition) is 2. The van der Waals surface area contributed by atoms with Crippen LogP contribution in [0.25, 0.3) is 0 Å². The lowest BCUT2D eigenvalue weighted by atomic mass is 10.1. The second-order valence-corrected chi connectivity index (χ2v) is 7.84. The number of anilines is 1. The summed E-state index contributed by atoms with van der Waals surface area (Å²) in [5.74, 6) is -0.293. The first-order valence-corrected chi connectivity index (χ1v) is 9.57. The third-order valence-electron chi connectivity index (χ3n) is 3.49. The molecule has 24 heavy (non-hydrogen) atoms. The van der Waals surface area contributed by atoms with E-state index in [1.54, 1.807) is 31.2 Å². The van der Waals surface area contributed by atoms with E-state index in [1.807, 2.05) is 19.1 Å². The molecule has 0 fully saturated rings. The molecule has 0 spiro atoms. The minimum atomic E-state index is -3.41. The van der Waals surface area contributed by atoms with Gasteiger partial charge in [0.05, 0.1) is 18.0 Å². The molecule has 0 saturated carbocycles. The summed E-state index contributed by atoms with van der Waals surface area (Å²) in [6, 6.07) is 11.9. The van der Waals surface area contributed by atoms with E-state index in [-0.39, 0.29) is 11.9 Å². The van der Waals surface area contributed by atoms with Crippen molar-refractivity contribution in [1.29, 1.82) is 0 Å². The lowest BCUT2D eigenvalue weighted by Gasteiger charge is -2.16. The third-order valence-corrected chi connectivity index (χ3v) is 4.32. The average molecular weight is 367 g/mol. The van der Waals surface area contributed by atoms with Crippen LogP contribution in [0.4, 0.5) is 5.69 Å². The van der Waals surface area contributed by atoms with Gasteiger partial charge in [0.25, 0.3) is 5.91 Å². The minimum Gasteiger partial charge on any atom is -0.346 e. The summed E-state index contributed by atoms with van der Waals surface area (Å²) in [7, 11) is -3.41. The molecule has 2 N–H and O–H groups in total. The number of carbonyl (C=O) groups is 1. The van der Waals surface area contributed by atoms with Crippen molar-refractivity contribution in [2.45, 2.75) is 19.9 Å². The zero-order valence-corrected chi connectivity index (χ0v) is 15.2. The minimum absolute atomic E-state index is 0.233. The smallest absolute Gasteiger partial charge is 0.251 e. The molecule has 0 unspecified atom stereocenters. The molecule has 0 aliphatic heterocycles. The van der Waals surface area contributed by atoms with Crippen molar-refractivity contribution >= 4 is 33.2 Å². The van der Waals surface area contributed by atoms with Gasteiger partial charge in [0, 0.05) is 10.6 Å². The molecule has 2 aromatic rings. The fraction of sp³-hybridized carbons (Fsp3) is 0.235. The maximum atomic E-state index is 12.4. The number of rotatable bonds is 5. The summed E-state index contributed by atoms with van der Waals surface area (Å²) >= 11 is 5.96. The second-order valence-electron chi connectivity index (χ2n) is 5.65. The van der Waals surface area contributed by atoms with E-state index in [2.05, 4.69) is 10.0 Å². The van der Waals surface area contributed by atoms with Gasteiger partial charge < -0.3 is 5.32 Å². The molecule has 1 atom stereocenters. The molecule has 0 aliphatic carbocycles. The van der Waals surface area contributed by atoms with Crippen LogP contribution in [0.1, 0.15) is 34.5 Å². The van der Waals surface area contributed by atoms with Crippen LogP contribution in [-0.4, -0.2) is 20.6 Å². The molecule has 0 aliphatic rings. The van der Waals surface area contributed by atoms with Crippen molar-refractivity contribution < 1.29 is 13.2 Å². The first-order valence-electron chi connectivity index (χ1n) is 7.30. The van der Waals surface area contributed by atoms with Crippen LogP contribution in [0.2, 0.25) is 5.02 Å². The molecule has 2 aromatic carbocycles. The molecule has 0 bridgehead atoms. The van der Waals surface area contributed by atoms with Crippen LogP contribution in [-0.2, 0) is 10.0 Å². The van der Waals surface area contributed by atoms with Crippen molar-refractivity contribution in [2.75, 3.05) is 11.0 Å². The highest BCUT2D eigenvalue weighted by molar-refractivity contribution is 7.92. The molecule has 0 heterocycles. The second kappa shape index (κ2) is 7.23. The average Bonchev–Trinajstić information content (AvgIpc) is 2.48. The number of amides is 1. The molecule has 5 nitrogen and oxygen atoms in total. The van der Waals surface area contributed by atoms with E-state index in [9.17, 15) is 13.2 Å². The quantitative estimate of drug-likeness (QED) is 0.850. The maximum Gasteiger partial charge on any atom is 0.251 e. The Balaban J connectivity index is 2.19. The van der Waals surface area contributed by atoms with Crippen LogP contribution < -0.4 is 10.0 Å². The van der Waals surface area contributed by atoms with E-state index in [0.29, 0.717) is 16.3 Å². The summed E-state index contributed by atoms with van der Waals surface area (Å²) in [5.41, 5.74) is 2.39. The van der Waals surface area contributed by atoms with Crippen molar-refractivity contribution in [3.05, 3.63) is 64.2 Å². The highest BCUT2D eigenvalue weighted by atomic mass is 35.5. The topological polar surface area (TPSA) is 75.3 Å². The van der Waals surface area contributed by atoms with Crippen molar-refractivity contribution in [2.24, 2.45) is 0 Å². The van der Waals surface area contributed by atoms with Crippen LogP contribution in [0, 0.1) is 6.92 Å². The number of benzene rings is 2. The molecule has 128 valence electrons. The number of carbonyl (C=O) groups excluding carboxylic acids is 1. The van der Waals surface area contributed by atoms with Crippen molar-refractivity contribution in [3.8, 4) is 0 Å². The molecule has 0 radical (unpaired) electrons. The highest BCUT2D eigenvalue weighted by Crippen LogP contribution is 2.20. The number of nitrogens with one attached hydrogen (secondary N) is 2. The van der Waals surface area contributed by atoms with Crippen LogP contribution in [0.5, 0.6) is 0 Å². The molecule has 2 rings (SSSR count). The molecular weight excluding hydrogens is 348 g/mol. The summed E-state index contributed by atoms with van der Waals surface area (Å²) in [5, 5.41) is 3.47. The van der Waals surface area contributed by atoms with Gasteiger partial charge in [0.1, 0.15) is 0 Å². The molecule has 0 aromatic heterocycles. The summed E-state index contributed by atoms with van der Waals surface area (Å²) in [4.78, 5) is 12.4. The van der Waals surface area contributed by atoms with Gasteiger partial charge in [-0.25, -0.2) is 8.42 Å². The summed E-state index contributed by atoms with van der Waals surface area (Å²) in [6.07, 6.45) is 1.07. The molecule has 7 heteroatoms. The predicted octanol–water partition coefficient (Wildman–Crippen LogP) is 3.51. The fourth-order valence-corrected chi connectivity index (χ4v) is 3.03. The highest BCUT2D eigenvalue weighted by Gasteiger charge is 2.14. The maximum absolute atomic E-state index is 12.4. The summed E-state index contributed by atoms with van der Waals surface area (Å²) < 4.78 is 25.2. The van der Waals surface area contributed by atoms with Crippen LogP contribution in [0.15, 0.2) is 42.5 Å². The SMILES string of the molecule is Cc1ccc(C(=O)N[C@H](C)c2cccc(Cl)c2)cc1NS(C)(=O)=O. The Morgan fingerprint density at radius 3 is 2.50 bits per heavy atom. The van der Waals surface area contributed by atoms with Gasteiger partial charge in [-0.15, -0.1) is 0 Å². The van der Waals surface area contributed by atoms with E-state index in [4.69, 9.17) is 11.6 Å². The van der Waals surface area contributed by atoms with Crippen molar-refractivity contribution in [3.63, 3.8) is 0 Å². The Bertz CT molecular complexity index is 866. The number of hydrogen-bond acceptors (Lipinski definition) is 3.